The minimum Gasteiger partial charge on any atom is -0.257 e. The lowest BCUT2D eigenvalue weighted by Gasteiger charge is -1.91. The van der Waals surface area contributed by atoms with E-state index < -0.39 is 0 Å². The van der Waals surface area contributed by atoms with E-state index in [4.69, 9.17) is 12.2 Å². The van der Waals surface area contributed by atoms with Gasteiger partial charge in [0.25, 0.3) is 0 Å². The van der Waals surface area contributed by atoms with Crippen molar-refractivity contribution in [1.82, 2.24) is 10.2 Å². The fourth-order valence-corrected chi connectivity index (χ4v) is 2.82. The highest BCUT2D eigenvalue weighted by molar-refractivity contribution is 8.01. The minimum atomic E-state index is 0.768. The summed E-state index contributed by atoms with van der Waals surface area (Å²) in [4.78, 5) is 0. The predicted molar refractivity (Wildman–Crippen MR) is 52.9 cm³/mol. The SMILES string of the molecule is CCCCSc1n[nH]c(=S)s1. The monoisotopic (exact) mass is 206 g/mol. The molecular weight excluding hydrogens is 196 g/mol. The molecule has 0 fully saturated rings. The Hall–Kier alpha value is 0.130. The Morgan fingerprint density at radius 3 is 3.09 bits per heavy atom. The molecule has 11 heavy (non-hydrogen) atoms. The van der Waals surface area contributed by atoms with Crippen molar-refractivity contribution in [1.29, 1.82) is 0 Å². The smallest absolute Gasteiger partial charge is 0.177 e. The van der Waals surface area contributed by atoms with Crippen LogP contribution in [0.3, 0.4) is 0 Å². The van der Waals surface area contributed by atoms with Crippen LogP contribution in [0.25, 0.3) is 0 Å². The predicted octanol–water partition coefficient (Wildman–Crippen LogP) is 3.09. The third kappa shape index (κ3) is 3.35. The van der Waals surface area contributed by atoms with E-state index in [1.54, 1.807) is 23.1 Å². The molecule has 0 aliphatic rings. The van der Waals surface area contributed by atoms with Crippen LogP contribution in [-0.4, -0.2) is 16.0 Å². The number of unbranched alkanes of at least 4 members (excludes halogenated alkanes) is 1. The van der Waals surface area contributed by atoms with Crippen LogP contribution in [0.15, 0.2) is 4.34 Å². The highest BCUT2D eigenvalue weighted by atomic mass is 32.2. The molecule has 0 amide bonds. The topological polar surface area (TPSA) is 28.7 Å². The Kier molecular flexibility index (Phi) is 4.11. The summed E-state index contributed by atoms with van der Waals surface area (Å²) < 4.78 is 1.83. The summed E-state index contributed by atoms with van der Waals surface area (Å²) in [5, 5.41) is 6.80. The summed E-state index contributed by atoms with van der Waals surface area (Å²) in [6, 6.07) is 0. The lowest BCUT2D eigenvalue weighted by atomic mass is 10.4. The Morgan fingerprint density at radius 1 is 1.73 bits per heavy atom. The van der Waals surface area contributed by atoms with Gasteiger partial charge in [-0.2, -0.15) is 5.10 Å². The van der Waals surface area contributed by atoms with Crippen LogP contribution in [0.1, 0.15) is 19.8 Å². The average Bonchev–Trinajstić information content (AvgIpc) is 2.37. The summed E-state index contributed by atoms with van der Waals surface area (Å²) in [6.07, 6.45) is 2.49. The van der Waals surface area contributed by atoms with Gasteiger partial charge in [0.05, 0.1) is 0 Å². The van der Waals surface area contributed by atoms with Gasteiger partial charge in [0.2, 0.25) is 0 Å². The maximum atomic E-state index is 4.90. The molecule has 1 aromatic heterocycles. The van der Waals surface area contributed by atoms with Gasteiger partial charge in [-0.05, 0) is 18.6 Å². The molecule has 1 N–H and O–H groups in total. The molecule has 0 atom stereocenters. The first kappa shape index (κ1) is 9.22. The van der Waals surface area contributed by atoms with Gasteiger partial charge in [-0.25, -0.2) is 0 Å². The zero-order valence-electron chi connectivity index (χ0n) is 6.29. The highest BCUT2D eigenvalue weighted by Gasteiger charge is 1.96. The van der Waals surface area contributed by atoms with Crippen molar-refractivity contribution in [2.75, 3.05) is 5.75 Å². The van der Waals surface area contributed by atoms with Gasteiger partial charge in [0.1, 0.15) is 0 Å². The molecule has 0 bridgehead atoms. The number of H-pyrrole nitrogens is 1. The summed E-state index contributed by atoms with van der Waals surface area (Å²) in [5.41, 5.74) is 0. The number of thioether (sulfide) groups is 1. The van der Waals surface area contributed by atoms with E-state index >= 15 is 0 Å². The number of hydrogen-bond donors (Lipinski definition) is 1. The second kappa shape index (κ2) is 4.90. The van der Waals surface area contributed by atoms with Crippen LogP contribution in [-0.2, 0) is 0 Å². The van der Waals surface area contributed by atoms with Crippen molar-refractivity contribution in [3.63, 3.8) is 0 Å². The first-order valence-electron chi connectivity index (χ1n) is 3.51. The van der Waals surface area contributed by atoms with E-state index in [1.807, 2.05) is 0 Å². The molecule has 0 radical (unpaired) electrons. The normalized spacial score (nSPS) is 10.3. The molecule has 0 saturated heterocycles. The number of nitrogens with one attached hydrogen (secondary N) is 1. The van der Waals surface area contributed by atoms with E-state index in [9.17, 15) is 0 Å². The van der Waals surface area contributed by atoms with Gasteiger partial charge in [-0.15, -0.1) is 0 Å². The standard InChI is InChI=1S/C6H10N2S3/c1-2-3-4-10-6-8-7-5(9)11-6/h2-4H2,1H3,(H,7,9). The summed E-state index contributed by atoms with van der Waals surface area (Å²) in [5.74, 6) is 1.15. The van der Waals surface area contributed by atoms with Crippen molar-refractivity contribution in [2.24, 2.45) is 0 Å². The number of aromatic nitrogens is 2. The third-order valence-electron chi connectivity index (χ3n) is 1.14. The Morgan fingerprint density at radius 2 is 2.55 bits per heavy atom. The first-order chi connectivity index (χ1) is 5.33. The summed E-state index contributed by atoms with van der Waals surface area (Å²) >= 11 is 8.22. The molecule has 1 rings (SSSR count). The molecule has 62 valence electrons. The molecule has 2 nitrogen and oxygen atoms in total. The average molecular weight is 206 g/mol. The van der Waals surface area contributed by atoms with Crippen molar-refractivity contribution in [3.8, 4) is 0 Å². The van der Waals surface area contributed by atoms with Crippen LogP contribution >= 0.6 is 35.3 Å². The van der Waals surface area contributed by atoms with Crippen LogP contribution in [0, 0.1) is 3.95 Å². The van der Waals surface area contributed by atoms with E-state index in [2.05, 4.69) is 17.1 Å². The van der Waals surface area contributed by atoms with Crippen molar-refractivity contribution >= 4 is 35.3 Å². The zero-order chi connectivity index (χ0) is 8.10. The minimum absolute atomic E-state index is 0.768. The van der Waals surface area contributed by atoms with Gasteiger partial charge in [0.15, 0.2) is 8.29 Å². The van der Waals surface area contributed by atoms with Crippen molar-refractivity contribution in [2.45, 2.75) is 24.1 Å². The first-order valence-corrected chi connectivity index (χ1v) is 5.72. The highest BCUT2D eigenvalue weighted by Crippen LogP contribution is 2.20. The van der Waals surface area contributed by atoms with E-state index in [1.165, 1.54) is 12.8 Å². The van der Waals surface area contributed by atoms with Crippen molar-refractivity contribution < 1.29 is 0 Å². The van der Waals surface area contributed by atoms with E-state index in [-0.39, 0.29) is 0 Å². The van der Waals surface area contributed by atoms with Gasteiger partial charge >= 0.3 is 0 Å². The molecule has 0 aromatic carbocycles. The van der Waals surface area contributed by atoms with Crippen LogP contribution in [0.2, 0.25) is 0 Å². The number of hydrogen-bond acceptors (Lipinski definition) is 4. The molecular formula is C6H10N2S3. The van der Waals surface area contributed by atoms with E-state index in [0.717, 1.165) is 14.0 Å². The van der Waals surface area contributed by atoms with Gasteiger partial charge < -0.3 is 0 Å². The third-order valence-corrected chi connectivity index (χ3v) is 3.46. The molecule has 0 aliphatic heterocycles. The molecule has 0 saturated carbocycles. The Bertz CT molecular complexity index is 252. The lowest BCUT2D eigenvalue weighted by Crippen LogP contribution is -1.76. The Labute approximate surface area is 79.4 Å². The van der Waals surface area contributed by atoms with Crippen LogP contribution in [0.5, 0.6) is 0 Å². The molecule has 1 aromatic rings. The number of nitrogens with zero attached hydrogens (tertiary/aromatic N) is 1. The number of aromatic amines is 1. The largest absolute Gasteiger partial charge is 0.257 e. The van der Waals surface area contributed by atoms with Crippen molar-refractivity contribution in [3.05, 3.63) is 3.95 Å². The second-order valence-electron chi connectivity index (χ2n) is 2.08. The lowest BCUT2D eigenvalue weighted by molar-refractivity contribution is 0.894. The van der Waals surface area contributed by atoms with Gasteiger partial charge in [-0.1, -0.05) is 36.4 Å². The fourth-order valence-electron chi connectivity index (χ4n) is 0.582. The van der Waals surface area contributed by atoms with Gasteiger partial charge in [0, 0.05) is 5.75 Å². The fraction of sp³-hybridized carbons (Fsp3) is 0.667. The molecule has 1 heterocycles. The summed E-state index contributed by atoms with van der Waals surface area (Å²) in [6.45, 7) is 2.19. The molecule has 0 spiro atoms. The quantitative estimate of drug-likeness (QED) is 0.466. The molecule has 0 unspecified atom stereocenters. The van der Waals surface area contributed by atoms with Gasteiger partial charge in [-0.3, -0.25) is 5.10 Å². The molecule has 5 heteroatoms. The maximum Gasteiger partial charge on any atom is 0.177 e. The summed E-state index contributed by atoms with van der Waals surface area (Å²) in [7, 11) is 0. The maximum absolute atomic E-state index is 4.90. The number of rotatable bonds is 4. The van der Waals surface area contributed by atoms with Crippen LogP contribution < -0.4 is 0 Å². The van der Waals surface area contributed by atoms with Crippen LogP contribution in [0.4, 0.5) is 0 Å². The molecule has 0 aliphatic carbocycles. The van der Waals surface area contributed by atoms with E-state index in [0.29, 0.717) is 0 Å². The Balaban J connectivity index is 2.33. The zero-order valence-corrected chi connectivity index (χ0v) is 8.74. The second-order valence-corrected chi connectivity index (χ2v) is 5.09.